The molecule has 1 atom stereocenters. The van der Waals surface area contributed by atoms with Gasteiger partial charge in [0.25, 0.3) is 0 Å². The largest absolute Gasteiger partial charge is 0.360 e. The fraction of sp³-hybridized carbons (Fsp3) is 0.120. The molecule has 2 aromatic heterocycles. The van der Waals surface area contributed by atoms with Crippen molar-refractivity contribution in [2.75, 3.05) is 5.32 Å². The van der Waals surface area contributed by atoms with Crippen LogP contribution in [0.15, 0.2) is 82.3 Å². The third kappa shape index (κ3) is 4.71. The smallest absolute Gasteiger partial charge is 0.238 e. The minimum atomic E-state index is -0.513. The summed E-state index contributed by atoms with van der Waals surface area (Å²) >= 11 is 1.24. The average Bonchev–Trinajstić information content (AvgIpc) is 3.24. The van der Waals surface area contributed by atoms with Crippen molar-refractivity contribution in [3.05, 3.63) is 84.1 Å². The van der Waals surface area contributed by atoms with Crippen molar-refractivity contribution in [3.8, 4) is 28.5 Å². The SMILES string of the molecule is Cc1cc(NC(=O)C(C)Sc2nc(-c3ccccc3)cc(-c3ccccc3)c2C#N)no1. The van der Waals surface area contributed by atoms with Crippen LogP contribution in [0.2, 0.25) is 0 Å². The second-order valence-electron chi connectivity index (χ2n) is 7.15. The van der Waals surface area contributed by atoms with E-state index < -0.39 is 5.25 Å². The Morgan fingerprint density at radius 3 is 2.31 bits per heavy atom. The maximum absolute atomic E-state index is 12.7. The fourth-order valence-corrected chi connectivity index (χ4v) is 4.12. The molecular weight excluding hydrogens is 420 g/mol. The quantitative estimate of drug-likeness (QED) is 0.387. The van der Waals surface area contributed by atoms with Crippen molar-refractivity contribution in [1.82, 2.24) is 10.1 Å². The van der Waals surface area contributed by atoms with Gasteiger partial charge in [-0.3, -0.25) is 4.79 Å². The number of nitrogens with zero attached hydrogens (tertiary/aromatic N) is 3. The van der Waals surface area contributed by atoms with Gasteiger partial charge in [-0.15, -0.1) is 0 Å². The second-order valence-corrected chi connectivity index (χ2v) is 8.48. The first-order valence-corrected chi connectivity index (χ1v) is 10.9. The van der Waals surface area contributed by atoms with Crippen LogP contribution in [0.1, 0.15) is 18.2 Å². The van der Waals surface area contributed by atoms with Crippen LogP contribution in [0.25, 0.3) is 22.4 Å². The van der Waals surface area contributed by atoms with Gasteiger partial charge in [0.1, 0.15) is 16.9 Å². The van der Waals surface area contributed by atoms with Crippen molar-refractivity contribution in [2.24, 2.45) is 0 Å². The van der Waals surface area contributed by atoms with Crippen LogP contribution in [0, 0.1) is 18.3 Å². The zero-order valence-electron chi connectivity index (χ0n) is 17.6. The molecule has 0 saturated heterocycles. The van der Waals surface area contributed by atoms with Gasteiger partial charge in [0.2, 0.25) is 5.91 Å². The molecule has 1 amide bonds. The summed E-state index contributed by atoms with van der Waals surface area (Å²) in [5, 5.41) is 16.5. The second kappa shape index (κ2) is 9.50. The molecule has 2 aromatic carbocycles. The lowest BCUT2D eigenvalue weighted by Gasteiger charge is -2.15. The van der Waals surface area contributed by atoms with Gasteiger partial charge in [-0.25, -0.2) is 4.98 Å². The Labute approximate surface area is 190 Å². The number of nitriles is 1. The van der Waals surface area contributed by atoms with E-state index in [1.54, 1.807) is 19.9 Å². The van der Waals surface area contributed by atoms with E-state index >= 15 is 0 Å². The van der Waals surface area contributed by atoms with E-state index in [9.17, 15) is 10.1 Å². The summed E-state index contributed by atoms with van der Waals surface area (Å²) in [5.74, 6) is 0.717. The van der Waals surface area contributed by atoms with Crippen LogP contribution in [0.5, 0.6) is 0 Å². The van der Waals surface area contributed by atoms with Crippen molar-refractivity contribution in [1.29, 1.82) is 5.26 Å². The standard InChI is InChI=1S/C25H20N4O2S/c1-16-13-23(29-31-16)28-24(30)17(2)32-25-21(15-26)20(18-9-5-3-6-10-18)14-22(27-25)19-11-7-4-8-12-19/h3-14,17H,1-2H3,(H,28,29,30). The molecule has 6 nitrogen and oxygen atoms in total. The molecule has 0 aliphatic heterocycles. The first kappa shape index (κ1) is 21.3. The molecule has 0 aliphatic carbocycles. The number of carbonyl (C=O) groups excluding carboxylic acids is 1. The monoisotopic (exact) mass is 440 g/mol. The summed E-state index contributed by atoms with van der Waals surface area (Å²) in [6, 6.07) is 25.4. The summed E-state index contributed by atoms with van der Waals surface area (Å²) in [6.45, 7) is 3.53. The molecule has 4 aromatic rings. The minimum absolute atomic E-state index is 0.250. The highest BCUT2D eigenvalue weighted by molar-refractivity contribution is 8.00. The third-order valence-electron chi connectivity index (χ3n) is 4.79. The number of hydrogen-bond donors (Lipinski definition) is 1. The van der Waals surface area contributed by atoms with E-state index in [2.05, 4.69) is 16.5 Å². The molecular formula is C25H20N4O2S. The van der Waals surface area contributed by atoms with Crippen LogP contribution in [-0.4, -0.2) is 21.3 Å². The van der Waals surface area contributed by atoms with Gasteiger partial charge in [-0.05, 0) is 25.5 Å². The van der Waals surface area contributed by atoms with Gasteiger partial charge in [0.15, 0.2) is 5.82 Å². The lowest BCUT2D eigenvalue weighted by atomic mass is 9.99. The van der Waals surface area contributed by atoms with Gasteiger partial charge < -0.3 is 9.84 Å². The number of carbonyl (C=O) groups is 1. The van der Waals surface area contributed by atoms with E-state index in [1.165, 1.54) is 11.8 Å². The Bertz CT molecular complexity index is 1280. The normalized spacial score (nSPS) is 11.5. The van der Waals surface area contributed by atoms with Gasteiger partial charge >= 0.3 is 0 Å². The van der Waals surface area contributed by atoms with E-state index in [0.717, 1.165) is 22.4 Å². The number of pyridine rings is 1. The number of anilines is 1. The van der Waals surface area contributed by atoms with Gasteiger partial charge in [0.05, 0.1) is 16.5 Å². The molecule has 158 valence electrons. The van der Waals surface area contributed by atoms with E-state index in [1.807, 2.05) is 66.7 Å². The Kier molecular flexibility index (Phi) is 6.34. The van der Waals surface area contributed by atoms with Gasteiger partial charge in [-0.2, -0.15) is 5.26 Å². The predicted molar refractivity (Wildman–Crippen MR) is 125 cm³/mol. The van der Waals surface area contributed by atoms with Crippen LogP contribution >= 0.6 is 11.8 Å². The van der Waals surface area contributed by atoms with Gasteiger partial charge in [-0.1, -0.05) is 77.6 Å². The van der Waals surface area contributed by atoms with Crippen LogP contribution in [0.3, 0.4) is 0 Å². The van der Waals surface area contributed by atoms with E-state index in [0.29, 0.717) is 22.2 Å². The summed E-state index contributed by atoms with van der Waals surface area (Å²) < 4.78 is 5.00. The molecule has 1 unspecified atom stereocenters. The third-order valence-corrected chi connectivity index (χ3v) is 5.88. The summed E-state index contributed by atoms with van der Waals surface area (Å²) in [4.78, 5) is 17.5. The molecule has 2 heterocycles. The summed E-state index contributed by atoms with van der Waals surface area (Å²) in [5.41, 5.74) is 3.82. The first-order chi connectivity index (χ1) is 15.5. The Hall–Kier alpha value is -3.89. The predicted octanol–water partition coefficient (Wildman–Crippen LogP) is 5.70. The zero-order chi connectivity index (χ0) is 22.5. The van der Waals surface area contributed by atoms with E-state index in [-0.39, 0.29) is 5.91 Å². The highest BCUT2D eigenvalue weighted by atomic mass is 32.2. The lowest BCUT2D eigenvalue weighted by molar-refractivity contribution is -0.115. The van der Waals surface area contributed by atoms with Crippen LogP contribution < -0.4 is 5.32 Å². The summed E-state index contributed by atoms with van der Waals surface area (Å²) in [7, 11) is 0. The Balaban J connectivity index is 1.73. The fourth-order valence-electron chi connectivity index (χ4n) is 3.19. The highest BCUT2D eigenvalue weighted by Gasteiger charge is 2.22. The highest BCUT2D eigenvalue weighted by Crippen LogP contribution is 2.35. The average molecular weight is 441 g/mol. The van der Waals surface area contributed by atoms with Crippen LogP contribution in [-0.2, 0) is 4.79 Å². The minimum Gasteiger partial charge on any atom is -0.360 e. The number of amides is 1. The molecule has 32 heavy (non-hydrogen) atoms. The van der Waals surface area contributed by atoms with Gasteiger partial charge in [0, 0.05) is 17.2 Å². The number of rotatable bonds is 6. The number of thioether (sulfide) groups is 1. The number of aromatic nitrogens is 2. The first-order valence-electron chi connectivity index (χ1n) is 10.0. The molecule has 0 aliphatic rings. The lowest BCUT2D eigenvalue weighted by Crippen LogP contribution is -2.22. The molecule has 0 radical (unpaired) electrons. The Morgan fingerprint density at radius 2 is 1.72 bits per heavy atom. The molecule has 0 fully saturated rings. The topological polar surface area (TPSA) is 91.8 Å². The van der Waals surface area contributed by atoms with Crippen molar-refractivity contribution in [3.63, 3.8) is 0 Å². The van der Waals surface area contributed by atoms with Crippen molar-refractivity contribution in [2.45, 2.75) is 24.1 Å². The number of nitrogens with one attached hydrogen (secondary N) is 1. The number of hydrogen-bond acceptors (Lipinski definition) is 6. The molecule has 7 heteroatoms. The molecule has 0 saturated carbocycles. The molecule has 0 bridgehead atoms. The Morgan fingerprint density at radius 1 is 1.06 bits per heavy atom. The van der Waals surface area contributed by atoms with Crippen molar-refractivity contribution < 1.29 is 9.32 Å². The van der Waals surface area contributed by atoms with Crippen LogP contribution in [0.4, 0.5) is 5.82 Å². The zero-order valence-corrected chi connectivity index (χ0v) is 18.4. The molecule has 0 spiro atoms. The van der Waals surface area contributed by atoms with E-state index in [4.69, 9.17) is 9.51 Å². The number of aryl methyl sites for hydroxylation is 1. The number of benzene rings is 2. The maximum atomic E-state index is 12.7. The van der Waals surface area contributed by atoms with Crippen molar-refractivity contribution >= 4 is 23.5 Å². The maximum Gasteiger partial charge on any atom is 0.238 e. The molecule has 1 N–H and O–H groups in total. The summed E-state index contributed by atoms with van der Waals surface area (Å²) in [6.07, 6.45) is 0. The molecule has 4 rings (SSSR count).